The van der Waals surface area contributed by atoms with E-state index in [9.17, 15) is 0 Å². The van der Waals surface area contributed by atoms with Crippen LogP contribution >= 0.6 is 11.3 Å². The minimum Gasteiger partial charge on any atom is -0.314 e. The number of thiazole rings is 1. The molecule has 0 spiro atoms. The molecule has 1 aliphatic rings. The summed E-state index contributed by atoms with van der Waals surface area (Å²) in [6, 6.07) is 9.19. The highest BCUT2D eigenvalue weighted by Gasteiger charge is 2.27. The number of nitrogens with one attached hydrogen (secondary N) is 1. The molecule has 3 rings (SSSR count). The van der Waals surface area contributed by atoms with Gasteiger partial charge in [-0.2, -0.15) is 0 Å². The molecule has 1 aromatic carbocycles. The van der Waals surface area contributed by atoms with Gasteiger partial charge in [-0.15, -0.1) is 11.3 Å². The first kappa shape index (κ1) is 13.1. The van der Waals surface area contributed by atoms with Gasteiger partial charge in [0.25, 0.3) is 0 Å². The van der Waals surface area contributed by atoms with Gasteiger partial charge in [0.1, 0.15) is 0 Å². The SMILES string of the molecule is CCCNC1CCCC1Cc1nc2ccccc2s1. The average molecular weight is 274 g/mol. The summed E-state index contributed by atoms with van der Waals surface area (Å²) in [7, 11) is 0. The fourth-order valence-corrected chi connectivity index (χ4v) is 4.17. The average Bonchev–Trinajstić information content (AvgIpc) is 3.02. The third-order valence-electron chi connectivity index (χ3n) is 4.09. The van der Waals surface area contributed by atoms with Crippen molar-refractivity contribution >= 4 is 21.6 Å². The molecule has 0 saturated heterocycles. The fraction of sp³-hybridized carbons (Fsp3) is 0.562. The Labute approximate surface area is 119 Å². The molecule has 1 heterocycles. The Morgan fingerprint density at radius 3 is 3.05 bits per heavy atom. The predicted octanol–water partition coefficient (Wildman–Crippen LogP) is 4.01. The van der Waals surface area contributed by atoms with E-state index in [4.69, 9.17) is 4.98 Å². The van der Waals surface area contributed by atoms with Crippen LogP contribution in [0.1, 0.15) is 37.6 Å². The third-order valence-corrected chi connectivity index (χ3v) is 5.15. The number of rotatable bonds is 5. The molecule has 0 aliphatic heterocycles. The maximum atomic E-state index is 4.78. The van der Waals surface area contributed by atoms with Gasteiger partial charge in [0, 0.05) is 12.5 Å². The van der Waals surface area contributed by atoms with Gasteiger partial charge in [-0.05, 0) is 43.9 Å². The molecule has 2 atom stereocenters. The Bertz CT molecular complexity index is 501. The Morgan fingerprint density at radius 2 is 2.21 bits per heavy atom. The van der Waals surface area contributed by atoms with E-state index in [1.807, 2.05) is 11.3 Å². The molecule has 2 unspecified atom stereocenters. The van der Waals surface area contributed by atoms with Gasteiger partial charge in [-0.1, -0.05) is 25.5 Å². The molecule has 0 radical (unpaired) electrons. The van der Waals surface area contributed by atoms with Crippen LogP contribution in [-0.4, -0.2) is 17.6 Å². The summed E-state index contributed by atoms with van der Waals surface area (Å²) in [6.45, 7) is 3.39. The van der Waals surface area contributed by atoms with Crippen LogP contribution in [0.15, 0.2) is 24.3 Å². The Balaban J connectivity index is 1.69. The minimum absolute atomic E-state index is 0.715. The Morgan fingerprint density at radius 1 is 1.32 bits per heavy atom. The normalized spacial score (nSPS) is 23.2. The van der Waals surface area contributed by atoms with Gasteiger partial charge in [0.15, 0.2) is 0 Å². The summed E-state index contributed by atoms with van der Waals surface area (Å²) in [6.07, 6.45) is 6.45. The molecule has 19 heavy (non-hydrogen) atoms. The number of aromatic nitrogens is 1. The second kappa shape index (κ2) is 6.02. The van der Waals surface area contributed by atoms with E-state index < -0.39 is 0 Å². The predicted molar refractivity (Wildman–Crippen MR) is 82.7 cm³/mol. The monoisotopic (exact) mass is 274 g/mol. The van der Waals surface area contributed by atoms with Crippen molar-refractivity contribution in [1.82, 2.24) is 10.3 Å². The van der Waals surface area contributed by atoms with Crippen LogP contribution in [0.5, 0.6) is 0 Å². The Hall–Kier alpha value is -0.930. The highest BCUT2D eigenvalue weighted by atomic mass is 32.1. The molecule has 1 aliphatic carbocycles. The first-order valence-electron chi connectivity index (χ1n) is 7.44. The lowest BCUT2D eigenvalue weighted by Crippen LogP contribution is -2.33. The van der Waals surface area contributed by atoms with Crippen molar-refractivity contribution in [2.45, 2.75) is 45.1 Å². The van der Waals surface area contributed by atoms with Crippen molar-refractivity contribution < 1.29 is 0 Å². The van der Waals surface area contributed by atoms with E-state index >= 15 is 0 Å². The zero-order valence-electron chi connectivity index (χ0n) is 11.6. The van der Waals surface area contributed by atoms with Crippen molar-refractivity contribution in [2.24, 2.45) is 5.92 Å². The maximum absolute atomic E-state index is 4.78. The first-order valence-corrected chi connectivity index (χ1v) is 8.26. The van der Waals surface area contributed by atoms with Crippen molar-refractivity contribution in [3.63, 3.8) is 0 Å². The number of hydrogen-bond acceptors (Lipinski definition) is 3. The topological polar surface area (TPSA) is 24.9 Å². The smallest absolute Gasteiger partial charge is 0.0941 e. The van der Waals surface area contributed by atoms with Crippen molar-refractivity contribution in [3.8, 4) is 0 Å². The summed E-state index contributed by atoms with van der Waals surface area (Å²) >= 11 is 1.87. The standard InChI is InChI=1S/C16H22N2S/c1-2-10-17-13-8-5-6-12(13)11-16-18-14-7-3-4-9-15(14)19-16/h3-4,7,9,12-13,17H,2,5-6,8,10-11H2,1H3. The van der Waals surface area contributed by atoms with Gasteiger partial charge < -0.3 is 5.32 Å². The van der Waals surface area contributed by atoms with E-state index in [0.29, 0.717) is 6.04 Å². The van der Waals surface area contributed by atoms with E-state index in [2.05, 4.69) is 36.5 Å². The number of fused-ring (bicyclic) bond motifs is 1. The first-order chi connectivity index (χ1) is 9.36. The zero-order valence-corrected chi connectivity index (χ0v) is 12.4. The molecular formula is C16H22N2S. The van der Waals surface area contributed by atoms with Crippen LogP contribution in [0.2, 0.25) is 0 Å². The summed E-state index contributed by atoms with van der Waals surface area (Å²) in [5, 5.41) is 5.03. The minimum atomic E-state index is 0.715. The van der Waals surface area contributed by atoms with Gasteiger partial charge in [-0.3, -0.25) is 0 Å². The molecule has 1 N–H and O–H groups in total. The summed E-state index contributed by atoms with van der Waals surface area (Å²) in [4.78, 5) is 4.78. The fourth-order valence-electron chi connectivity index (χ4n) is 3.11. The summed E-state index contributed by atoms with van der Waals surface area (Å²) in [5.41, 5.74) is 1.17. The molecule has 1 fully saturated rings. The molecule has 102 valence electrons. The van der Waals surface area contributed by atoms with Crippen LogP contribution in [0.25, 0.3) is 10.2 Å². The second-order valence-corrected chi connectivity index (χ2v) is 6.65. The molecule has 2 nitrogen and oxygen atoms in total. The van der Waals surface area contributed by atoms with Gasteiger partial charge in [-0.25, -0.2) is 4.98 Å². The van der Waals surface area contributed by atoms with Gasteiger partial charge in [0.05, 0.1) is 15.2 Å². The second-order valence-electron chi connectivity index (χ2n) is 5.53. The van der Waals surface area contributed by atoms with E-state index in [-0.39, 0.29) is 0 Å². The summed E-state index contributed by atoms with van der Waals surface area (Å²) < 4.78 is 1.33. The molecule has 1 saturated carbocycles. The lowest BCUT2D eigenvalue weighted by molar-refractivity contribution is 0.398. The quantitative estimate of drug-likeness (QED) is 0.891. The number of nitrogens with zero attached hydrogens (tertiary/aromatic N) is 1. The molecule has 3 heteroatoms. The van der Waals surface area contributed by atoms with E-state index in [1.54, 1.807) is 0 Å². The molecule has 2 aromatic rings. The molecule has 0 amide bonds. The van der Waals surface area contributed by atoms with Crippen LogP contribution in [0.3, 0.4) is 0 Å². The van der Waals surface area contributed by atoms with Gasteiger partial charge >= 0.3 is 0 Å². The number of para-hydroxylation sites is 1. The highest BCUT2D eigenvalue weighted by Crippen LogP contribution is 2.31. The van der Waals surface area contributed by atoms with Crippen molar-refractivity contribution in [3.05, 3.63) is 29.3 Å². The third kappa shape index (κ3) is 2.98. The molecule has 0 bridgehead atoms. The number of benzene rings is 1. The van der Waals surface area contributed by atoms with E-state index in [0.717, 1.165) is 18.9 Å². The molecule has 1 aromatic heterocycles. The maximum Gasteiger partial charge on any atom is 0.0941 e. The Kier molecular flexibility index (Phi) is 4.14. The van der Waals surface area contributed by atoms with Crippen LogP contribution in [0, 0.1) is 5.92 Å². The van der Waals surface area contributed by atoms with Gasteiger partial charge in [0.2, 0.25) is 0 Å². The van der Waals surface area contributed by atoms with Crippen molar-refractivity contribution in [2.75, 3.05) is 6.54 Å². The van der Waals surface area contributed by atoms with E-state index in [1.165, 1.54) is 40.9 Å². The lowest BCUT2D eigenvalue weighted by Gasteiger charge is -2.19. The van der Waals surface area contributed by atoms with Crippen LogP contribution in [-0.2, 0) is 6.42 Å². The summed E-state index contributed by atoms with van der Waals surface area (Å²) in [5.74, 6) is 0.784. The number of hydrogen-bond donors (Lipinski definition) is 1. The highest BCUT2D eigenvalue weighted by molar-refractivity contribution is 7.18. The van der Waals surface area contributed by atoms with Crippen LogP contribution in [0.4, 0.5) is 0 Å². The van der Waals surface area contributed by atoms with Crippen molar-refractivity contribution in [1.29, 1.82) is 0 Å². The zero-order chi connectivity index (χ0) is 13.1. The lowest BCUT2D eigenvalue weighted by atomic mass is 10.00. The molecular weight excluding hydrogens is 252 g/mol. The largest absolute Gasteiger partial charge is 0.314 e. The van der Waals surface area contributed by atoms with Crippen LogP contribution < -0.4 is 5.32 Å².